The van der Waals surface area contributed by atoms with E-state index < -0.39 is 17.5 Å². The minimum atomic E-state index is -1.26. The van der Waals surface area contributed by atoms with E-state index in [2.05, 4.69) is 10.6 Å². The van der Waals surface area contributed by atoms with Gasteiger partial charge in [-0.05, 0) is 59.5 Å². The average Bonchev–Trinajstić information content (AvgIpc) is 3.02. The summed E-state index contributed by atoms with van der Waals surface area (Å²) >= 11 is 0. The molecule has 0 unspecified atom stereocenters. The second kappa shape index (κ2) is 9.09. The van der Waals surface area contributed by atoms with Crippen molar-refractivity contribution in [2.24, 2.45) is 5.92 Å². The number of hydrogen-bond acceptors (Lipinski definition) is 4. The normalized spacial score (nSPS) is 17.8. The smallest absolute Gasteiger partial charge is 0.325 e. The van der Waals surface area contributed by atoms with Crippen molar-refractivity contribution >= 4 is 40.1 Å². The van der Waals surface area contributed by atoms with Gasteiger partial charge in [-0.25, -0.2) is 4.79 Å². The zero-order valence-corrected chi connectivity index (χ0v) is 19.4. The summed E-state index contributed by atoms with van der Waals surface area (Å²) < 4.78 is 0. The van der Waals surface area contributed by atoms with Crippen LogP contribution in [0.25, 0.3) is 10.8 Å². The first-order chi connectivity index (χ1) is 16.2. The van der Waals surface area contributed by atoms with Crippen LogP contribution in [0.15, 0.2) is 66.7 Å². The molecule has 3 aromatic rings. The van der Waals surface area contributed by atoms with E-state index in [0.717, 1.165) is 15.7 Å². The molecule has 0 saturated carbocycles. The quantitative estimate of drug-likeness (QED) is 0.404. The lowest BCUT2D eigenvalue weighted by atomic mass is 9.90. The Morgan fingerprint density at radius 3 is 2.32 bits per heavy atom. The number of nitrogens with zero attached hydrogens (tertiary/aromatic N) is 1. The highest BCUT2D eigenvalue weighted by atomic mass is 16.2. The molecule has 174 valence electrons. The summed E-state index contributed by atoms with van der Waals surface area (Å²) in [6.45, 7) is 5.20. The van der Waals surface area contributed by atoms with Gasteiger partial charge < -0.3 is 10.6 Å². The Labute approximate surface area is 198 Å². The van der Waals surface area contributed by atoms with Gasteiger partial charge in [0, 0.05) is 17.7 Å². The Morgan fingerprint density at radius 1 is 0.971 bits per heavy atom. The fraction of sp³-hybridized carbons (Fsp3) is 0.259. The molecule has 34 heavy (non-hydrogen) atoms. The van der Waals surface area contributed by atoms with Gasteiger partial charge in [-0.1, -0.05) is 50.2 Å². The number of carbonyl (C=O) groups excluding carboxylic acids is 4. The molecule has 0 aromatic heterocycles. The molecule has 0 spiro atoms. The van der Waals surface area contributed by atoms with Crippen molar-refractivity contribution in [1.29, 1.82) is 0 Å². The third-order valence-corrected chi connectivity index (χ3v) is 5.99. The van der Waals surface area contributed by atoms with Crippen LogP contribution in [0, 0.1) is 5.92 Å². The largest absolute Gasteiger partial charge is 0.326 e. The number of hydrogen-bond donors (Lipinski definition) is 2. The number of fused-ring (bicyclic) bond motifs is 1. The van der Waals surface area contributed by atoms with Gasteiger partial charge in [0.1, 0.15) is 5.54 Å². The molecule has 3 aromatic carbocycles. The summed E-state index contributed by atoms with van der Waals surface area (Å²) in [6.07, 6.45) is 0.406. The van der Waals surface area contributed by atoms with Gasteiger partial charge in [0.25, 0.3) is 5.91 Å². The molecular weight excluding hydrogens is 430 g/mol. The highest BCUT2D eigenvalue weighted by Gasteiger charge is 2.49. The van der Waals surface area contributed by atoms with Crippen molar-refractivity contribution in [3.63, 3.8) is 0 Å². The second-order valence-electron chi connectivity index (χ2n) is 9.16. The minimum Gasteiger partial charge on any atom is -0.326 e. The molecule has 1 aliphatic heterocycles. The Hall–Kier alpha value is -4.00. The number of amides is 4. The lowest BCUT2D eigenvalue weighted by Gasteiger charge is -2.22. The molecular formula is C27H27N3O4. The second-order valence-corrected chi connectivity index (χ2v) is 9.16. The minimum absolute atomic E-state index is 0.0959. The molecule has 1 heterocycles. The van der Waals surface area contributed by atoms with Crippen LogP contribution in [0.3, 0.4) is 0 Å². The number of nitrogens with one attached hydrogen (secondary N) is 2. The van der Waals surface area contributed by atoms with Gasteiger partial charge in [-0.15, -0.1) is 0 Å². The predicted octanol–water partition coefficient (Wildman–Crippen LogP) is 4.47. The van der Waals surface area contributed by atoms with E-state index >= 15 is 0 Å². The van der Waals surface area contributed by atoms with E-state index in [4.69, 9.17) is 0 Å². The molecule has 1 aliphatic rings. The van der Waals surface area contributed by atoms with Crippen LogP contribution in [-0.2, 0) is 15.1 Å². The number of rotatable bonds is 7. The topological polar surface area (TPSA) is 95.6 Å². The number of benzene rings is 3. The molecule has 0 radical (unpaired) electrons. The zero-order valence-electron chi connectivity index (χ0n) is 19.4. The van der Waals surface area contributed by atoms with E-state index in [9.17, 15) is 19.2 Å². The van der Waals surface area contributed by atoms with Crippen molar-refractivity contribution in [1.82, 2.24) is 10.2 Å². The molecule has 0 bridgehead atoms. The maximum atomic E-state index is 13.2. The molecule has 4 amide bonds. The van der Waals surface area contributed by atoms with Gasteiger partial charge in [0.15, 0.2) is 5.78 Å². The molecule has 1 atom stereocenters. The summed E-state index contributed by atoms with van der Waals surface area (Å²) in [5.74, 6) is -0.698. The van der Waals surface area contributed by atoms with Crippen LogP contribution in [0.4, 0.5) is 10.5 Å². The van der Waals surface area contributed by atoms with Crippen molar-refractivity contribution in [2.45, 2.75) is 32.7 Å². The molecule has 7 heteroatoms. The van der Waals surface area contributed by atoms with Crippen LogP contribution in [-0.4, -0.2) is 35.1 Å². The van der Waals surface area contributed by atoms with E-state index in [-0.39, 0.29) is 24.2 Å². The van der Waals surface area contributed by atoms with Gasteiger partial charge in [0.05, 0.1) is 6.54 Å². The summed E-state index contributed by atoms with van der Waals surface area (Å²) in [6, 6.07) is 19.2. The van der Waals surface area contributed by atoms with Crippen LogP contribution in [0.5, 0.6) is 0 Å². The van der Waals surface area contributed by atoms with Crippen LogP contribution >= 0.6 is 0 Å². The highest BCUT2D eigenvalue weighted by molar-refractivity contribution is 6.11. The standard InChI is InChI=1S/C27H27N3O4/c1-17(2)14-24(32)28-22-12-9-19(10-13-22)23(31)16-30-25(33)27(3,29-26(30)34)21-11-8-18-6-4-5-7-20(18)15-21/h4-13,15,17H,14,16H2,1-3H3,(H,28,32)(H,29,34)/t27-/m0/s1. The van der Waals surface area contributed by atoms with Gasteiger partial charge in [-0.2, -0.15) is 0 Å². The fourth-order valence-electron chi connectivity index (χ4n) is 4.09. The van der Waals surface area contributed by atoms with Crippen molar-refractivity contribution in [2.75, 3.05) is 11.9 Å². The predicted molar refractivity (Wildman–Crippen MR) is 130 cm³/mol. The lowest BCUT2D eigenvalue weighted by Crippen LogP contribution is -2.41. The molecule has 0 aliphatic carbocycles. The number of anilines is 1. The molecule has 7 nitrogen and oxygen atoms in total. The lowest BCUT2D eigenvalue weighted by molar-refractivity contribution is -0.130. The van der Waals surface area contributed by atoms with Crippen molar-refractivity contribution in [3.05, 3.63) is 77.9 Å². The number of ketones is 1. The Balaban J connectivity index is 1.47. The van der Waals surface area contributed by atoms with Gasteiger partial charge in [-0.3, -0.25) is 19.3 Å². The van der Waals surface area contributed by atoms with E-state index in [1.165, 1.54) is 0 Å². The van der Waals surface area contributed by atoms with Crippen LogP contribution in [0.1, 0.15) is 43.1 Å². The zero-order chi connectivity index (χ0) is 24.5. The maximum Gasteiger partial charge on any atom is 0.325 e. The van der Waals surface area contributed by atoms with Crippen molar-refractivity contribution in [3.8, 4) is 0 Å². The van der Waals surface area contributed by atoms with E-state index in [1.54, 1.807) is 31.2 Å². The number of imide groups is 1. The summed E-state index contributed by atoms with van der Waals surface area (Å²) in [4.78, 5) is 51.6. The third kappa shape index (κ3) is 4.55. The summed E-state index contributed by atoms with van der Waals surface area (Å²) in [7, 11) is 0. The number of urea groups is 1. The summed E-state index contributed by atoms with van der Waals surface area (Å²) in [5, 5.41) is 7.53. The maximum absolute atomic E-state index is 13.2. The molecule has 4 rings (SSSR count). The van der Waals surface area contributed by atoms with E-state index in [1.807, 2.05) is 56.3 Å². The first kappa shape index (κ1) is 23.2. The Morgan fingerprint density at radius 2 is 1.65 bits per heavy atom. The fourth-order valence-corrected chi connectivity index (χ4v) is 4.09. The Kier molecular flexibility index (Phi) is 6.20. The number of Topliss-reactive ketones (excluding diaryl/α,β-unsaturated/α-hetero) is 1. The molecule has 1 saturated heterocycles. The SMILES string of the molecule is CC(C)CC(=O)Nc1ccc(C(=O)CN2C(=O)N[C@@](C)(c3ccc4ccccc4c3)C2=O)cc1. The van der Waals surface area contributed by atoms with Gasteiger partial charge in [0.2, 0.25) is 5.91 Å². The monoisotopic (exact) mass is 457 g/mol. The van der Waals surface area contributed by atoms with E-state index in [0.29, 0.717) is 23.2 Å². The Bertz CT molecular complexity index is 1280. The summed E-state index contributed by atoms with van der Waals surface area (Å²) in [5.41, 5.74) is 0.329. The van der Waals surface area contributed by atoms with Gasteiger partial charge >= 0.3 is 6.03 Å². The first-order valence-electron chi connectivity index (χ1n) is 11.2. The van der Waals surface area contributed by atoms with Crippen LogP contribution < -0.4 is 10.6 Å². The molecule has 2 N–H and O–H groups in total. The first-order valence-corrected chi connectivity index (χ1v) is 11.2. The van der Waals surface area contributed by atoms with Crippen molar-refractivity contribution < 1.29 is 19.2 Å². The van der Waals surface area contributed by atoms with Crippen LogP contribution in [0.2, 0.25) is 0 Å². The average molecular weight is 458 g/mol. The number of carbonyl (C=O) groups is 4. The molecule has 1 fully saturated rings. The third-order valence-electron chi connectivity index (χ3n) is 5.99. The highest BCUT2D eigenvalue weighted by Crippen LogP contribution is 2.31.